The zero-order valence-electron chi connectivity index (χ0n) is 11.6. The molecule has 2 unspecified atom stereocenters. The van der Waals surface area contributed by atoms with Crippen LogP contribution in [0.3, 0.4) is 0 Å². The molecule has 1 aromatic rings. The van der Waals surface area contributed by atoms with E-state index in [9.17, 15) is 4.79 Å². The molecule has 1 saturated carbocycles. The second-order valence-electron chi connectivity index (χ2n) is 5.38. The third kappa shape index (κ3) is 3.44. The summed E-state index contributed by atoms with van der Waals surface area (Å²) in [5.41, 5.74) is 6.69. The first-order valence-electron chi connectivity index (χ1n) is 6.76. The van der Waals surface area contributed by atoms with Gasteiger partial charge in [0.15, 0.2) is 5.82 Å². The highest BCUT2D eigenvalue weighted by molar-refractivity contribution is 5.95. The third-order valence-corrected chi connectivity index (χ3v) is 3.55. The lowest BCUT2D eigenvalue weighted by Gasteiger charge is -2.26. The monoisotopic (exact) mass is 262 g/mol. The predicted molar refractivity (Wildman–Crippen MR) is 77.1 cm³/mol. The molecule has 0 aliphatic heterocycles. The molecule has 0 bridgehead atoms. The molecule has 104 valence electrons. The summed E-state index contributed by atoms with van der Waals surface area (Å²) in [6, 6.07) is 3.87. The van der Waals surface area contributed by atoms with Gasteiger partial charge in [0.2, 0.25) is 5.91 Å². The number of anilines is 2. The van der Waals surface area contributed by atoms with E-state index in [4.69, 9.17) is 5.73 Å². The number of hydrogen-bond acceptors (Lipinski definition) is 4. The molecule has 1 fully saturated rings. The molecule has 0 aromatic carbocycles. The van der Waals surface area contributed by atoms with Crippen LogP contribution in [0, 0.1) is 5.92 Å². The van der Waals surface area contributed by atoms with Crippen LogP contribution in [0.15, 0.2) is 18.3 Å². The number of nitrogens with one attached hydrogen (secondary N) is 1. The van der Waals surface area contributed by atoms with Gasteiger partial charge in [-0.05, 0) is 31.4 Å². The molecule has 2 atom stereocenters. The molecule has 1 aromatic heterocycles. The average molecular weight is 262 g/mol. The van der Waals surface area contributed by atoms with Gasteiger partial charge in [-0.1, -0.05) is 6.42 Å². The van der Waals surface area contributed by atoms with Crippen molar-refractivity contribution in [3.63, 3.8) is 0 Å². The topological polar surface area (TPSA) is 71.2 Å². The first kappa shape index (κ1) is 13.8. The van der Waals surface area contributed by atoms with Gasteiger partial charge in [-0.15, -0.1) is 0 Å². The van der Waals surface area contributed by atoms with Gasteiger partial charge in [-0.3, -0.25) is 4.79 Å². The molecule has 0 radical (unpaired) electrons. The summed E-state index contributed by atoms with van der Waals surface area (Å²) >= 11 is 0. The molecule has 1 heterocycles. The van der Waals surface area contributed by atoms with Crippen molar-refractivity contribution in [2.75, 3.05) is 24.3 Å². The number of nitrogens with zero attached hydrogens (tertiary/aromatic N) is 2. The molecular weight excluding hydrogens is 240 g/mol. The number of amides is 1. The van der Waals surface area contributed by atoms with Crippen LogP contribution in [0.1, 0.15) is 25.7 Å². The second-order valence-corrected chi connectivity index (χ2v) is 5.38. The molecule has 19 heavy (non-hydrogen) atoms. The van der Waals surface area contributed by atoms with Crippen LogP contribution in [-0.4, -0.2) is 31.0 Å². The first-order chi connectivity index (χ1) is 9.08. The summed E-state index contributed by atoms with van der Waals surface area (Å²) in [6.07, 6.45) is 5.49. The lowest BCUT2D eigenvalue weighted by molar-refractivity contribution is -0.120. The molecule has 1 aliphatic carbocycles. The van der Waals surface area contributed by atoms with Gasteiger partial charge in [0.05, 0.1) is 5.69 Å². The van der Waals surface area contributed by atoms with Gasteiger partial charge in [-0.25, -0.2) is 4.98 Å². The highest BCUT2D eigenvalue weighted by Gasteiger charge is 2.25. The van der Waals surface area contributed by atoms with Crippen LogP contribution in [0.5, 0.6) is 0 Å². The normalized spacial score (nSPS) is 22.9. The zero-order valence-corrected chi connectivity index (χ0v) is 11.6. The molecule has 1 aliphatic rings. The van der Waals surface area contributed by atoms with E-state index >= 15 is 0 Å². The van der Waals surface area contributed by atoms with Crippen molar-refractivity contribution in [1.29, 1.82) is 0 Å². The van der Waals surface area contributed by atoms with E-state index in [1.54, 1.807) is 6.20 Å². The fourth-order valence-corrected chi connectivity index (χ4v) is 2.55. The van der Waals surface area contributed by atoms with Crippen molar-refractivity contribution in [2.45, 2.75) is 31.7 Å². The highest BCUT2D eigenvalue weighted by atomic mass is 16.1. The number of hydrogen-bond donors (Lipinski definition) is 2. The number of aromatic nitrogens is 1. The van der Waals surface area contributed by atoms with E-state index in [0.717, 1.165) is 37.2 Å². The molecule has 5 heteroatoms. The van der Waals surface area contributed by atoms with E-state index in [1.807, 2.05) is 31.1 Å². The molecule has 5 nitrogen and oxygen atoms in total. The Morgan fingerprint density at radius 1 is 1.47 bits per heavy atom. The van der Waals surface area contributed by atoms with Crippen LogP contribution >= 0.6 is 0 Å². The number of pyridine rings is 1. The number of rotatable bonds is 3. The zero-order chi connectivity index (χ0) is 13.8. The van der Waals surface area contributed by atoms with E-state index in [0.29, 0.717) is 0 Å². The van der Waals surface area contributed by atoms with Crippen LogP contribution in [-0.2, 0) is 4.79 Å². The first-order valence-corrected chi connectivity index (χ1v) is 6.76. The summed E-state index contributed by atoms with van der Waals surface area (Å²) < 4.78 is 0. The third-order valence-electron chi connectivity index (χ3n) is 3.55. The van der Waals surface area contributed by atoms with Crippen molar-refractivity contribution >= 4 is 17.4 Å². The Hall–Kier alpha value is -1.62. The number of nitrogens with two attached hydrogens (primary N) is 1. The largest absolute Gasteiger partial charge is 0.361 e. The van der Waals surface area contributed by atoms with E-state index in [-0.39, 0.29) is 17.9 Å². The van der Waals surface area contributed by atoms with Gasteiger partial charge in [-0.2, -0.15) is 0 Å². The quantitative estimate of drug-likeness (QED) is 0.868. The predicted octanol–water partition coefficient (Wildman–Crippen LogP) is 1.60. The van der Waals surface area contributed by atoms with Gasteiger partial charge in [0.25, 0.3) is 0 Å². The summed E-state index contributed by atoms with van der Waals surface area (Å²) in [7, 11) is 3.82. The van der Waals surface area contributed by atoms with Crippen LogP contribution < -0.4 is 16.0 Å². The van der Waals surface area contributed by atoms with Crippen LogP contribution in [0.25, 0.3) is 0 Å². The summed E-state index contributed by atoms with van der Waals surface area (Å²) in [6.45, 7) is 0. The molecule has 0 spiro atoms. The maximum Gasteiger partial charge on any atom is 0.227 e. The van der Waals surface area contributed by atoms with E-state index in [2.05, 4.69) is 10.3 Å². The van der Waals surface area contributed by atoms with Gasteiger partial charge >= 0.3 is 0 Å². The fraction of sp³-hybridized carbons (Fsp3) is 0.571. The van der Waals surface area contributed by atoms with Gasteiger partial charge in [0.1, 0.15) is 0 Å². The molecule has 3 N–H and O–H groups in total. The smallest absolute Gasteiger partial charge is 0.227 e. The Bertz CT molecular complexity index is 447. The lowest BCUT2D eigenvalue weighted by atomic mass is 9.85. The minimum atomic E-state index is 0.0268. The van der Waals surface area contributed by atoms with Gasteiger partial charge in [0, 0.05) is 32.3 Å². The summed E-state index contributed by atoms with van der Waals surface area (Å²) in [5, 5.41) is 2.98. The summed E-state index contributed by atoms with van der Waals surface area (Å²) in [4.78, 5) is 18.4. The molecule has 0 saturated heterocycles. The second kappa shape index (κ2) is 6.02. The average Bonchev–Trinajstić information content (AvgIpc) is 2.39. The van der Waals surface area contributed by atoms with Crippen molar-refractivity contribution < 1.29 is 4.79 Å². The van der Waals surface area contributed by atoms with Crippen molar-refractivity contribution in [3.8, 4) is 0 Å². The van der Waals surface area contributed by atoms with E-state index < -0.39 is 0 Å². The minimum Gasteiger partial charge on any atom is -0.361 e. The Morgan fingerprint density at radius 2 is 2.26 bits per heavy atom. The van der Waals surface area contributed by atoms with E-state index in [1.165, 1.54) is 0 Å². The van der Waals surface area contributed by atoms with Crippen LogP contribution in [0.2, 0.25) is 0 Å². The SMILES string of the molecule is CN(C)c1ncccc1NC(=O)C1CCCC(N)C1. The summed E-state index contributed by atoms with van der Waals surface area (Å²) in [5.74, 6) is 0.862. The lowest BCUT2D eigenvalue weighted by Crippen LogP contribution is -2.34. The Balaban J connectivity index is 2.06. The number of carbonyl (C=O) groups is 1. The minimum absolute atomic E-state index is 0.0268. The Labute approximate surface area is 114 Å². The number of carbonyl (C=O) groups excluding carboxylic acids is 1. The highest BCUT2D eigenvalue weighted by Crippen LogP contribution is 2.26. The standard InChI is InChI=1S/C14H22N4O/c1-18(2)13-12(7-4-8-16-13)17-14(19)10-5-3-6-11(15)9-10/h4,7-8,10-11H,3,5-6,9,15H2,1-2H3,(H,17,19). The fourth-order valence-electron chi connectivity index (χ4n) is 2.55. The van der Waals surface area contributed by atoms with Gasteiger partial charge < -0.3 is 16.0 Å². The Kier molecular flexibility index (Phi) is 4.37. The maximum absolute atomic E-state index is 12.3. The molecule has 2 rings (SSSR count). The van der Waals surface area contributed by atoms with Crippen molar-refractivity contribution in [2.24, 2.45) is 11.7 Å². The van der Waals surface area contributed by atoms with Crippen molar-refractivity contribution in [1.82, 2.24) is 4.98 Å². The maximum atomic E-state index is 12.3. The van der Waals surface area contributed by atoms with Crippen molar-refractivity contribution in [3.05, 3.63) is 18.3 Å². The molecule has 1 amide bonds. The molecular formula is C14H22N4O. The Morgan fingerprint density at radius 3 is 2.95 bits per heavy atom. The van der Waals surface area contributed by atoms with Crippen LogP contribution in [0.4, 0.5) is 11.5 Å².